The van der Waals surface area contributed by atoms with E-state index in [1.807, 2.05) is 4.90 Å². The van der Waals surface area contributed by atoms with Gasteiger partial charge in [-0.1, -0.05) is 67.7 Å². The Bertz CT molecular complexity index is 884. The fourth-order valence-electron chi connectivity index (χ4n) is 3.77. The maximum atomic E-state index is 12.5. The molecule has 1 atom stereocenters. The Labute approximate surface area is 211 Å². The van der Waals surface area contributed by atoms with Crippen LogP contribution in [0.5, 0.6) is 0 Å². The number of rotatable bonds is 15. The molecule has 1 aromatic rings. The third kappa shape index (κ3) is 12.7. The number of nitrogens with one attached hydrogen (secondary N) is 1. The molecule has 0 unspecified atom stereocenters. The van der Waals surface area contributed by atoms with Crippen molar-refractivity contribution in [2.24, 2.45) is 0 Å². The molecule has 5 heteroatoms. The Kier molecular flexibility index (Phi) is 14.5. The minimum absolute atomic E-state index is 0.0117. The smallest absolute Gasteiger partial charge is 0.253 e. The number of amides is 2. The van der Waals surface area contributed by atoms with Crippen LogP contribution in [0.3, 0.4) is 0 Å². The number of hydrogen-bond acceptors (Lipinski definition) is 3. The molecule has 2 heterocycles. The summed E-state index contributed by atoms with van der Waals surface area (Å²) in [6.07, 6.45) is 33.2. The van der Waals surface area contributed by atoms with Crippen molar-refractivity contribution in [2.75, 3.05) is 13.1 Å². The van der Waals surface area contributed by atoms with Gasteiger partial charge in [-0.2, -0.15) is 0 Å². The van der Waals surface area contributed by atoms with Gasteiger partial charge in [0.25, 0.3) is 5.91 Å². The second kappa shape index (κ2) is 18.2. The lowest BCUT2D eigenvalue weighted by Crippen LogP contribution is -2.38. The summed E-state index contributed by atoms with van der Waals surface area (Å²) >= 11 is 0. The van der Waals surface area contributed by atoms with E-state index in [4.69, 9.17) is 0 Å². The normalized spacial score (nSPS) is 16.6. The van der Waals surface area contributed by atoms with E-state index < -0.39 is 0 Å². The number of nitrogens with zero attached hydrogens (tertiary/aromatic N) is 2. The third-order valence-electron chi connectivity index (χ3n) is 5.72. The largest absolute Gasteiger partial charge is 0.347 e. The van der Waals surface area contributed by atoms with E-state index in [1.165, 1.54) is 0 Å². The lowest BCUT2D eigenvalue weighted by atomic mass is 10.2. The SMILES string of the molecule is CC/C=C\C/C=C\C/C=C\C/C=C\C/C=C\CCCC(=O)N1CC[C@@H](NC(=O)c2cccnc2)C1. The molecule has 1 N–H and O–H groups in total. The number of unbranched alkanes of at least 4 members (excludes halogenated alkanes) is 1. The molecule has 0 aliphatic carbocycles. The van der Waals surface area contributed by atoms with Crippen molar-refractivity contribution < 1.29 is 9.59 Å². The first-order valence-corrected chi connectivity index (χ1v) is 12.9. The maximum absolute atomic E-state index is 12.5. The molecule has 0 saturated carbocycles. The monoisotopic (exact) mass is 475 g/mol. The summed E-state index contributed by atoms with van der Waals surface area (Å²) < 4.78 is 0. The topological polar surface area (TPSA) is 62.3 Å². The number of aromatic nitrogens is 1. The first kappa shape index (κ1) is 28.0. The van der Waals surface area contributed by atoms with E-state index in [0.717, 1.165) is 51.4 Å². The van der Waals surface area contributed by atoms with Gasteiger partial charge in [0.05, 0.1) is 5.56 Å². The average molecular weight is 476 g/mol. The number of pyridine rings is 1. The number of allylic oxidation sites excluding steroid dienone is 10. The van der Waals surface area contributed by atoms with Gasteiger partial charge in [-0.15, -0.1) is 0 Å². The molecule has 0 bridgehead atoms. The summed E-state index contributed by atoms with van der Waals surface area (Å²) in [5.41, 5.74) is 0.550. The van der Waals surface area contributed by atoms with Gasteiger partial charge in [-0.05, 0) is 63.5 Å². The van der Waals surface area contributed by atoms with Gasteiger partial charge in [0.1, 0.15) is 0 Å². The molecule has 1 fully saturated rings. The Balaban J connectivity index is 1.48. The lowest BCUT2D eigenvalue weighted by molar-refractivity contribution is -0.130. The Hall–Kier alpha value is -3.21. The van der Waals surface area contributed by atoms with E-state index >= 15 is 0 Å². The fourth-order valence-corrected chi connectivity index (χ4v) is 3.77. The first-order chi connectivity index (χ1) is 17.2. The van der Waals surface area contributed by atoms with Crippen LogP contribution < -0.4 is 5.32 Å². The molecule has 2 rings (SSSR count). The number of hydrogen-bond donors (Lipinski definition) is 1. The second-order valence-corrected chi connectivity index (χ2v) is 8.64. The molecule has 1 aliphatic heterocycles. The van der Waals surface area contributed by atoms with Crippen molar-refractivity contribution in [2.45, 2.75) is 70.8 Å². The van der Waals surface area contributed by atoms with Crippen LogP contribution in [0.25, 0.3) is 0 Å². The molecule has 188 valence electrons. The highest BCUT2D eigenvalue weighted by molar-refractivity contribution is 5.94. The van der Waals surface area contributed by atoms with Crippen molar-refractivity contribution in [1.29, 1.82) is 0 Å². The molecule has 1 saturated heterocycles. The van der Waals surface area contributed by atoms with Gasteiger partial charge < -0.3 is 10.2 Å². The molecule has 0 spiro atoms. The van der Waals surface area contributed by atoms with Crippen molar-refractivity contribution >= 4 is 11.8 Å². The van der Waals surface area contributed by atoms with Gasteiger partial charge in [0.15, 0.2) is 0 Å². The van der Waals surface area contributed by atoms with Crippen LogP contribution in [-0.4, -0.2) is 40.8 Å². The van der Waals surface area contributed by atoms with E-state index in [0.29, 0.717) is 25.1 Å². The second-order valence-electron chi connectivity index (χ2n) is 8.64. The van der Waals surface area contributed by atoms with E-state index in [9.17, 15) is 9.59 Å². The number of likely N-dealkylation sites (tertiary alicyclic amines) is 1. The Morgan fingerprint density at radius 2 is 1.60 bits per heavy atom. The molecule has 2 amide bonds. The third-order valence-corrected chi connectivity index (χ3v) is 5.72. The molecular weight excluding hydrogens is 434 g/mol. The summed E-state index contributed by atoms with van der Waals surface area (Å²) in [5.74, 6) is 0.0475. The molecule has 1 aliphatic rings. The molecular formula is C30H41N3O2. The van der Waals surface area contributed by atoms with Gasteiger partial charge in [0, 0.05) is 37.9 Å². The van der Waals surface area contributed by atoms with Crippen LogP contribution in [0.1, 0.15) is 75.1 Å². The maximum Gasteiger partial charge on any atom is 0.253 e. The predicted molar refractivity (Wildman–Crippen MR) is 145 cm³/mol. The summed E-state index contributed by atoms with van der Waals surface area (Å²) in [4.78, 5) is 30.6. The van der Waals surface area contributed by atoms with Gasteiger partial charge >= 0.3 is 0 Å². The first-order valence-electron chi connectivity index (χ1n) is 12.9. The van der Waals surface area contributed by atoms with E-state index in [1.54, 1.807) is 24.5 Å². The Morgan fingerprint density at radius 3 is 2.20 bits per heavy atom. The quantitative estimate of drug-likeness (QED) is 0.238. The van der Waals surface area contributed by atoms with E-state index in [-0.39, 0.29) is 17.9 Å². The fraction of sp³-hybridized carbons (Fsp3) is 0.433. The minimum atomic E-state index is -0.129. The Morgan fingerprint density at radius 1 is 0.971 bits per heavy atom. The highest BCUT2D eigenvalue weighted by Crippen LogP contribution is 2.13. The van der Waals surface area contributed by atoms with Crippen LogP contribution in [-0.2, 0) is 4.79 Å². The molecule has 0 radical (unpaired) electrons. The van der Waals surface area contributed by atoms with Crippen molar-refractivity contribution in [3.8, 4) is 0 Å². The molecule has 1 aromatic heterocycles. The zero-order valence-electron chi connectivity index (χ0n) is 21.1. The van der Waals surface area contributed by atoms with Crippen LogP contribution in [0.4, 0.5) is 0 Å². The van der Waals surface area contributed by atoms with Crippen molar-refractivity contribution in [3.63, 3.8) is 0 Å². The minimum Gasteiger partial charge on any atom is -0.347 e. The zero-order chi connectivity index (χ0) is 25.0. The lowest BCUT2D eigenvalue weighted by Gasteiger charge is -2.17. The number of carbonyl (C=O) groups excluding carboxylic acids is 2. The molecule has 5 nitrogen and oxygen atoms in total. The molecule has 0 aromatic carbocycles. The number of carbonyl (C=O) groups is 2. The highest BCUT2D eigenvalue weighted by Gasteiger charge is 2.27. The summed E-state index contributed by atoms with van der Waals surface area (Å²) in [6, 6.07) is 3.50. The van der Waals surface area contributed by atoms with E-state index in [2.05, 4.69) is 78.0 Å². The van der Waals surface area contributed by atoms with Gasteiger partial charge in [0.2, 0.25) is 5.91 Å². The summed E-state index contributed by atoms with van der Waals surface area (Å²) in [6.45, 7) is 3.45. The summed E-state index contributed by atoms with van der Waals surface area (Å²) in [7, 11) is 0. The van der Waals surface area contributed by atoms with Crippen LogP contribution in [0.15, 0.2) is 85.3 Å². The summed E-state index contributed by atoms with van der Waals surface area (Å²) in [5, 5.41) is 3.01. The predicted octanol–water partition coefficient (Wildman–Crippen LogP) is 6.33. The van der Waals surface area contributed by atoms with Crippen molar-refractivity contribution in [3.05, 3.63) is 90.9 Å². The zero-order valence-corrected chi connectivity index (χ0v) is 21.1. The van der Waals surface area contributed by atoms with Gasteiger partial charge in [-0.25, -0.2) is 0 Å². The standard InChI is InChI=1S/C30H41N3O2/c1-2-3-4-5-6-7-8-9-10-11-12-13-14-15-16-17-18-21-29(34)33-24-22-28(26-33)32-30(35)27-20-19-23-31-25-27/h3-4,6-7,9-10,12-13,15-16,19-20,23,25,28H,2,5,8,11,14,17-18,21-22,24,26H2,1H3,(H,32,35)/b4-3-,7-6-,10-9-,13-12-,16-15-/t28-/m1/s1. The molecule has 35 heavy (non-hydrogen) atoms. The van der Waals surface area contributed by atoms with Crippen LogP contribution in [0.2, 0.25) is 0 Å². The van der Waals surface area contributed by atoms with Crippen molar-refractivity contribution in [1.82, 2.24) is 15.2 Å². The highest BCUT2D eigenvalue weighted by atomic mass is 16.2. The van der Waals surface area contributed by atoms with Crippen LogP contribution >= 0.6 is 0 Å². The van der Waals surface area contributed by atoms with Gasteiger partial charge in [-0.3, -0.25) is 14.6 Å². The van der Waals surface area contributed by atoms with Crippen LogP contribution in [0, 0.1) is 0 Å². The average Bonchev–Trinajstić information content (AvgIpc) is 3.35.